The number of nitrogens with zero attached hydrogens (tertiary/aromatic N) is 4. The molecule has 1 aliphatic heterocycles. The number of piperidine rings is 1. The molecule has 0 spiro atoms. The summed E-state index contributed by atoms with van der Waals surface area (Å²) < 4.78 is 9.41. The van der Waals surface area contributed by atoms with Gasteiger partial charge in [-0.05, 0) is 43.8 Å². The second-order valence-corrected chi connectivity index (χ2v) is 6.92. The number of hydrogen-bond donors (Lipinski definition) is 0. The summed E-state index contributed by atoms with van der Waals surface area (Å²) in [4.78, 5) is 3.79. The van der Waals surface area contributed by atoms with Gasteiger partial charge in [0.1, 0.15) is 11.5 Å². The molecule has 0 N–H and O–H groups in total. The van der Waals surface area contributed by atoms with E-state index >= 15 is 0 Å². The zero-order valence-corrected chi connectivity index (χ0v) is 13.7. The van der Waals surface area contributed by atoms with Crippen molar-refractivity contribution in [1.29, 1.82) is 0 Å². The van der Waals surface area contributed by atoms with Crippen LogP contribution in [0.2, 0.25) is 0 Å². The lowest BCUT2D eigenvalue weighted by atomic mass is 9.98. The summed E-state index contributed by atoms with van der Waals surface area (Å²) in [5, 5.41) is 8.52. The van der Waals surface area contributed by atoms with E-state index in [1.54, 1.807) is 0 Å². The van der Waals surface area contributed by atoms with E-state index < -0.39 is 0 Å². The normalized spacial score (nSPS) is 20.3. The fraction of sp³-hybridized carbons (Fsp3) is 0.667. The van der Waals surface area contributed by atoms with Crippen LogP contribution in [0, 0.1) is 6.92 Å². The average molecular weight is 306 g/mol. The lowest BCUT2D eigenvalue weighted by Crippen LogP contribution is -2.33. The predicted molar refractivity (Wildman–Crippen MR) is 82.2 cm³/mol. The maximum absolute atomic E-state index is 5.26. The summed E-state index contributed by atoms with van der Waals surface area (Å²) in [5.41, 5.74) is 2.21. The highest BCUT2D eigenvalue weighted by Crippen LogP contribution is 2.33. The fourth-order valence-electron chi connectivity index (χ4n) is 3.01. The Kier molecular flexibility index (Phi) is 4.35. The number of aryl methyl sites for hydroxylation is 1. The lowest BCUT2D eigenvalue weighted by molar-refractivity contribution is 0.134. The van der Waals surface area contributed by atoms with Crippen LogP contribution in [0.1, 0.15) is 67.1 Å². The van der Waals surface area contributed by atoms with Gasteiger partial charge in [0, 0.05) is 12.6 Å². The Morgan fingerprint density at radius 3 is 3.00 bits per heavy atom. The summed E-state index contributed by atoms with van der Waals surface area (Å²) >= 11 is 1.53. The predicted octanol–water partition coefficient (Wildman–Crippen LogP) is 3.69. The first-order chi connectivity index (χ1) is 10.1. The third-order valence-corrected chi connectivity index (χ3v) is 4.80. The molecule has 0 radical (unpaired) electrons. The first-order valence-electron chi connectivity index (χ1n) is 7.63. The first kappa shape index (κ1) is 14.7. The molecule has 1 atom stereocenters. The van der Waals surface area contributed by atoms with Gasteiger partial charge in [0.15, 0.2) is 0 Å². The molecule has 21 heavy (non-hydrogen) atoms. The molecule has 1 aliphatic rings. The Balaban J connectivity index is 1.80. The van der Waals surface area contributed by atoms with Crippen molar-refractivity contribution >= 4 is 11.5 Å². The van der Waals surface area contributed by atoms with Crippen LogP contribution in [0.15, 0.2) is 10.6 Å². The van der Waals surface area contributed by atoms with Gasteiger partial charge < -0.3 is 4.52 Å². The minimum absolute atomic E-state index is 0.360. The summed E-state index contributed by atoms with van der Waals surface area (Å²) in [7, 11) is 0. The van der Waals surface area contributed by atoms with Crippen LogP contribution in [-0.4, -0.2) is 26.2 Å². The van der Waals surface area contributed by atoms with Gasteiger partial charge in [-0.3, -0.25) is 4.90 Å². The molecule has 3 rings (SSSR count). The van der Waals surface area contributed by atoms with Crippen LogP contribution in [0.5, 0.6) is 0 Å². The average Bonchev–Trinajstić information content (AvgIpc) is 3.08. The van der Waals surface area contributed by atoms with Crippen molar-refractivity contribution in [2.24, 2.45) is 0 Å². The fourth-order valence-corrected chi connectivity index (χ4v) is 3.83. The minimum Gasteiger partial charge on any atom is -0.361 e. The van der Waals surface area contributed by atoms with Gasteiger partial charge in [-0.2, -0.15) is 0 Å². The van der Waals surface area contributed by atoms with Crippen LogP contribution >= 0.6 is 11.5 Å². The van der Waals surface area contributed by atoms with Crippen LogP contribution < -0.4 is 0 Å². The van der Waals surface area contributed by atoms with E-state index in [0.717, 1.165) is 36.7 Å². The standard InChI is InChI=1S/C15H22N4OS/c1-10(2)15-14(21-18-16-15)9-19-7-5-4-6-13(19)12-8-11(3)20-17-12/h8,10,13H,4-7,9H2,1-3H3/t13-/m1/s1. The third-order valence-electron chi connectivity index (χ3n) is 4.08. The van der Waals surface area contributed by atoms with E-state index in [-0.39, 0.29) is 0 Å². The smallest absolute Gasteiger partial charge is 0.133 e. The quantitative estimate of drug-likeness (QED) is 0.862. The molecular formula is C15H22N4OS. The van der Waals surface area contributed by atoms with Crippen molar-refractivity contribution in [3.05, 3.63) is 28.1 Å². The first-order valence-corrected chi connectivity index (χ1v) is 8.41. The largest absolute Gasteiger partial charge is 0.361 e. The molecule has 2 aromatic rings. The van der Waals surface area contributed by atoms with Crippen LogP contribution in [0.25, 0.3) is 0 Å². The van der Waals surface area contributed by atoms with Gasteiger partial charge in [0.25, 0.3) is 0 Å². The van der Waals surface area contributed by atoms with Crippen molar-refractivity contribution in [2.75, 3.05) is 6.54 Å². The second-order valence-electron chi connectivity index (χ2n) is 6.08. The van der Waals surface area contributed by atoms with Gasteiger partial charge >= 0.3 is 0 Å². The van der Waals surface area contributed by atoms with E-state index in [1.807, 2.05) is 6.92 Å². The molecule has 0 bridgehead atoms. The van der Waals surface area contributed by atoms with E-state index in [1.165, 1.54) is 29.3 Å². The maximum atomic E-state index is 5.26. The van der Waals surface area contributed by atoms with E-state index in [2.05, 4.69) is 39.6 Å². The van der Waals surface area contributed by atoms with Gasteiger partial charge in [-0.15, -0.1) is 5.10 Å². The highest BCUT2D eigenvalue weighted by Gasteiger charge is 2.28. The Labute approximate surface area is 129 Å². The molecule has 6 heteroatoms. The number of hydrogen-bond acceptors (Lipinski definition) is 6. The van der Waals surface area contributed by atoms with Gasteiger partial charge in [0.05, 0.1) is 16.6 Å². The van der Waals surface area contributed by atoms with E-state index in [4.69, 9.17) is 4.52 Å². The molecular weight excluding hydrogens is 284 g/mol. The van der Waals surface area contributed by atoms with Crippen LogP contribution in [0.4, 0.5) is 0 Å². The molecule has 0 unspecified atom stereocenters. The van der Waals surface area contributed by atoms with E-state index in [9.17, 15) is 0 Å². The summed E-state index contributed by atoms with van der Waals surface area (Å²) in [5.74, 6) is 1.31. The Morgan fingerprint density at radius 2 is 2.29 bits per heavy atom. The molecule has 0 saturated carbocycles. The molecule has 2 aromatic heterocycles. The molecule has 0 amide bonds. The zero-order chi connectivity index (χ0) is 14.8. The molecule has 5 nitrogen and oxygen atoms in total. The van der Waals surface area contributed by atoms with E-state index in [0.29, 0.717) is 12.0 Å². The third kappa shape index (κ3) is 3.16. The molecule has 114 valence electrons. The summed E-state index contributed by atoms with van der Waals surface area (Å²) in [6.45, 7) is 8.32. The summed E-state index contributed by atoms with van der Waals surface area (Å²) in [6, 6.07) is 2.43. The summed E-state index contributed by atoms with van der Waals surface area (Å²) in [6.07, 6.45) is 3.65. The Hall–Kier alpha value is -1.27. The van der Waals surface area contributed by atoms with Crippen molar-refractivity contribution in [3.63, 3.8) is 0 Å². The van der Waals surface area contributed by atoms with Crippen molar-refractivity contribution < 1.29 is 4.52 Å². The highest BCUT2D eigenvalue weighted by molar-refractivity contribution is 7.05. The van der Waals surface area contributed by atoms with Gasteiger partial charge in [-0.25, -0.2) is 0 Å². The van der Waals surface area contributed by atoms with Crippen molar-refractivity contribution in [3.8, 4) is 0 Å². The molecule has 0 aliphatic carbocycles. The number of rotatable bonds is 4. The van der Waals surface area contributed by atoms with Gasteiger partial charge in [-0.1, -0.05) is 29.9 Å². The minimum atomic E-state index is 0.360. The van der Waals surface area contributed by atoms with Crippen LogP contribution in [0.3, 0.4) is 0 Å². The maximum Gasteiger partial charge on any atom is 0.133 e. The number of likely N-dealkylation sites (tertiary alicyclic amines) is 1. The number of aromatic nitrogens is 3. The highest BCUT2D eigenvalue weighted by atomic mass is 32.1. The van der Waals surface area contributed by atoms with Gasteiger partial charge in [0.2, 0.25) is 0 Å². The van der Waals surface area contributed by atoms with Crippen molar-refractivity contribution in [2.45, 2.75) is 58.5 Å². The Morgan fingerprint density at radius 1 is 1.43 bits per heavy atom. The van der Waals surface area contributed by atoms with Crippen LogP contribution in [-0.2, 0) is 6.54 Å². The monoisotopic (exact) mass is 306 g/mol. The molecule has 1 fully saturated rings. The molecule has 3 heterocycles. The molecule has 1 saturated heterocycles. The van der Waals surface area contributed by atoms with Crippen molar-refractivity contribution in [1.82, 2.24) is 19.6 Å². The second kappa shape index (κ2) is 6.23. The Bertz CT molecular complexity index is 592. The SMILES string of the molecule is Cc1cc([C@H]2CCCCN2Cc2snnc2C(C)C)no1. The lowest BCUT2D eigenvalue weighted by Gasteiger charge is -2.34. The molecule has 0 aromatic carbocycles. The topological polar surface area (TPSA) is 55.1 Å². The zero-order valence-electron chi connectivity index (χ0n) is 12.9.